The topological polar surface area (TPSA) is 28.7 Å². The molecule has 0 fully saturated rings. The maximum absolute atomic E-state index is 12.8. The molecule has 0 saturated heterocycles. The number of benzene rings is 1. The van der Waals surface area contributed by atoms with Crippen molar-refractivity contribution in [1.29, 1.82) is 0 Å². The SMILES string of the molecule is CCSc1ccc(Cl)nc1-c1cc2cc(C(F)(F)F)ccc2[nH]1. The third-order valence-corrected chi connectivity index (χ3v) is 4.47. The quantitative estimate of drug-likeness (QED) is 0.459. The van der Waals surface area contributed by atoms with E-state index in [0.29, 0.717) is 27.4 Å². The van der Waals surface area contributed by atoms with E-state index >= 15 is 0 Å². The van der Waals surface area contributed by atoms with E-state index in [0.717, 1.165) is 22.8 Å². The summed E-state index contributed by atoms with van der Waals surface area (Å²) >= 11 is 7.57. The molecule has 0 bridgehead atoms. The van der Waals surface area contributed by atoms with Gasteiger partial charge >= 0.3 is 6.18 Å². The molecule has 3 rings (SSSR count). The van der Waals surface area contributed by atoms with Crippen LogP contribution in [0.3, 0.4) is 0 Å². The minimum atomic E-state index is -4.36. The van der Waals surface area contributed by atoms with Crippen molar-refractivity contribution >= 4 is 34.3 Å². The van der Waals surface area contributed by atoms with Crippen molar-refractivity contribution in [2.24, 2.45) is 0 Å². The van der Waals surface area contributed by atoms with E-state index in [9.17, 15) is 13.2 Å². The average molecular weight is 357 g/mol. The van der Waals surface area contributed by atoms with Gasteiger partial charge in [-0.15, -0.1) is 11.8 Å². The van der Waals surface area contributed by atoms with E-state index in [-0.39, 0.29) is 0 Å². The third kappa shape index (κ3) is 3.33. The van der Waals surface area contributed by atoms with Gasteiger partial charge in [-0.3, -0.25) is 0 Å². The second-order valence-electron chi connectivity index (χ2n) is 4.90. The van der Waals surface area contributed by atoms with Crippen molar-refractivity contribution in [2.75, 3.05) is 5.75 Å². The molecule has 23 heavy (non-hydrogen) atoms. The van der Waals surface area contributed by atoms with Crippen LogP contribution in [-0.2, 0) is 6.18 Å². The molecule has 1 N–H and O–H groups in total. The van der Waals surface area contributed by atoms with Crippen LogP contribution in [0, 0.1) is 0 Å². The molecule has 120 valence electrons. The molecule has 1 aromatic carbocycles. The normalized spacial score (nSPS) is 12.0. The highest BCUT2D eigenvalue weighted by atomic mass is 35.5. The van der Waals surface area contributed by atoms with Crippen molar-refractivity contribution < 1.29 is 13.2 Å². The number of H-pyrrole nitrogens is 1. The first kappa shape index (κ1) is 16.2. The average Bonchev–Trinajstić information content (AvgIpc) is 2.91. The van der Waals surface area contributed by atoms with Gasteiger partial charge in [-0.1, -0.05) is 18.5 Å². The minimum absolute atomic E-state index is 0.343. The predicted molar refractivity (Wildman–Crippen MR) is 87.9 cm³/mol. The standard InChI is InChI=1S/C16H12ClF3N2S/c1-2-23-13-5-6-14(17)22-15(13)12-8-9-7-10(16(18,19)20)3-4-11(9)21-12/h3-8,21H,2H2,1H3. The van der Waals surface area contributed by atoms with Gasteiger partial charge in [0.25, 0.3) is 0 Å². The molecule has 0 unspecified atom stereocenters. The summed E-state index contributed by atoms with van der Waals surface area (Å²) in [6, 6.07) is 8.86. The van der Waals surface area contributed by atoms with Crippen LogP contribution in [-0.4, -0.2) is 15.7 Å². The number of nitrogens with one attached hydrogen (secondary N) is 1. The van der Waals surface area contributed by atoms with Gasteiger partial charge < -0.3 is 4.98 Å². The van der Waals surface area contributed by atoms with Crippen molar-refractivity contribution in [2.45, 2.75) is 18.0 Å². The lowest BCUT2D eigenvalue weighted by Crippen LogP contribution is -2.03. The van der Waals surface area contributed by atoms with Crippen LogP contribution in [0.15, 0.2) is 41.3 Å². The number of thioether (sulfide) groups is 1. The van der Waals surface area contributed by atoms with Gasteiger partial charge in [0.15, 0.2) is 0 Å². The number of nitrogens with zero attached hydrogens (tertiary/aromatic N) is 1. The number of aromatic amines is 1. The molecule has 2 heterocycles. The Morgan fingerprint density at radius 2 is 1.96 bits per heavy atom. The Hall–Kier alpha value is -1.66. The van der Waals surface area contributed by atoms with Crippen LogP contribution in [0.4, 0.5) is 13.2 Å². The Bertz CT molecular complexity index is 858. The Kier molecular flexibility index (Phi) is 4.29. The van der Waals surface area contributed by atoms with Gasteiger partial charge in [0.1, 0.15) is 10.8 Å². The smallest absolute Gasteiger partial charge is 0.353 e. The molecule has 0 spiro atoms. The number of fused-ring (bicyclic) bond motifs is 1. The highest BCUT2D eigenvalue weighted by Crippen LogP contribution is 2.35. The minimum Gasteiger partial charge on any atom is -0.353 e. The summed E-state index contributed by atoms with van der Waals surface area (Å²) in [6.07, 6.45) is -4.36. The van der Waals surface area contributed by atoms with Gasteiger partial charge in [-0.05, 0) is 42.2 Å². The van der Waals surface area contributed by atoms with Gasteiger partial charge in [0.2, 0.25) is 0 Å². The molecule has 0 radical (unpaired) electrons. The van der Waals surface area contributed by atoms with Crippen LogP contribution in [0.1, 0.15) is 12.5 Å². The van der Waals surface area contributed by atoms with Crippen molar-refractivity contribution in [3.8, 4) is 11.4 Å². The molecular formula is C16H12ClF3N2S. The summed E-state index contributed by atoms with van der Waals surface area (Å²) in [5.74, 6) is 0.856. The monoisotopic (exact) mass is 356 g/mol. The van der Waals surface area contributed by atoms with Gasteiger partial charge in [-0.2, -0.15) is 13.2 Å². The van der Waals surface area contributed by atoms with Crippen LogP contribution >= 0.6 is 23.4 Å². The second-order valence-corrected chi connectivity index (χ2v) is 6.59. The zero-order valence-corrected chi connectivity index (χ0v) is 13.6. The first-order valence-electron chi connectivity index (χ1n) is 6.88. The van der Waals surface area contributed by atoms with Crippen LogP contribution < -0.4 is 0 Å². The summed E-state index contributed by atoms with van der Waals surface area (Å²) < 4.78 is 38.5. The molecule has 0 amide bonds. The summed E-state index contributed by atoms with van der Waals surface area (Å²) in [6.45, 7) is 2.02. The lowest BCUT2D eigenvalue weighted by molar-refractivity contribution is -0.137. The predicted octanol–water partition coefficient (Wildman–Crippen LogP) is 6.01. The van der Waals surface area contributed by atoms with Crippen LogP contribution in [0.2, 0.25) is 5.15 Å². The first-order valence-corrected chi connectivity index (χ1v) is 8.24. The highest BCUT2D eigenvalue weighted by molar-refractivity contribution is 7.99. The molecular weight excluding hydrogens is 345 g/mol. The summed E-state index contributed by atoms with van der Waals surface area (Å²) in [4.78, 5) is 8.36. The highest BCUT2D eigenvalue weighted by Gasteiger charge is 2.30. The number of aromatic nitrogens is 2. The van der Waals surface area contributed by atoms with Crippen LogP contribution in [0.25, 0.3) is 22.3 Å². The Morgan fingerprint density at radius 1 is 1.17 bits per heavy atom. The maximum Gasteiger partial charge on any atom is 0.416 e. The van der Waals surface area contributed by atoms with Crippen molar-refractivity contribution in [3.63, 3.8) is 0 Å². The zero-order valence-electron chi connectivity index (χ0n) is 12.0. The number of hydrogen-bond donors (Lipinski definition) is 1. The number of halogens is 4. The van der Waals surface area contributed by atoms with E-state index < -0.39 is 11.7 Å². The molecule has 0 atom stereocenters. The molecule has 3 aromatic rings. The Balaban J connectivity index is 2.12. The van der Waals surface area contributed by atoms with Gasteiger partial charge in [0, 0.05) is 15.8 Å². The summed E-state index contributed by atoms with van der Waals surface area (Å²) in [5, 5.41) is 0.833. The fraction of sp³-hybridized carbons (Fsp3) is 0.188. The fourth-order valence-corrected chi connectivity index (χ4v) is 3.24. The van der Waals surface area contributed by atoms with Gasteiger partial charge in [0.05, 0.1) is 11.3 Å². The van der Waals surface area contributed by atoms with Crippen molar-refractivity contribution in [1.82, 2.24) is 9.97 Å². The lowest BCUT2D eigenvalue weighted by Gasteiger charge is -2.06. The molecule has 2 aromatic heterocycles. The van der Waals surface area contributed by atoms with E-state index in [4.69, 9.17) is 11.6 Å². The Labute approximate surface area is 140 Å². The van der Waals surface area contributed by atoms with E-state index in [1.165, 1.54) is 6.07 Å². The number of alkyl halides is 3. The molecule has 0 aliphatic carbocycles. The zero-order chi connectivity index (χ0) is 16.6. The number of pyridine rings is 1. The van der Waals surface area contributed by atoms with Crippen molar-refractivity contribution in [3.05, 3.63) is 47.1 Å². The molecule has 7 heteroatoms. The molecule has 0 aliphatic heterocycles. The van der Waals surface area contributed by atoms with E-state index in [2.05, 4.69) is 9.97 Å². The number of hydrogen-bond acceptors (Lipinski definition) is 2. The van der Waals surface area contributed by atoms with E-state index in [1.54, 1.807) is 23.9 Å². The molecule has 2 nitrogen and oxygen atoms in total. The molecule has 0 aliphatic rings. The van der Waals surface area contributed by atoms with E-state index in [1.807, 2.05) is 13.0 Å². The third-order valence-electron chi connectivity index (χ3n) is 3.33. The summed E-state index contributed by atoms with van der Waals surface area (Å²) in [5.41, 5.74) is 1.26. The van der Waals surface area contributed by atoms with Crippen LogP contribution in [0.5, 0.6) is 0 Å². The summed E-state index contributed by atoms with van der Waals surface area (Å²) in [7, 11) is 0. The second kappa shape index (κ2) is 6.09. The van der Waals surface area contributed by atoms with Gasteiger partial charge in [-0.25, -0.2) is 4.98 Å². The fourth-order valence-electron chi connectivity index (χ4n) is 2.32. The lowest BCUT2D eigenvalue weighted by atomic mass is 10.1. The number of rotatable bonds is 3. The maximum atomic E-state index is 12.8. The molecule has 0 saturated carbocycles. The Morgan fingerprint density at radius 3 is 2.65 bits per heavy atom. The largest absolute Gasteiger partial charge is 0.416 e. The first-order chi connectivity index (χ1) is 10.9.